The van der Waals surface area contributed by atoms with Crippen molar-refractivity contribution in [1.82, 2.24) is 4.57 Å². The molecule has 0 spiro atoms. The zero-order valence-electron chi connectivity index (χ0n) is 11.4. The van der Waals surface area contributed by atoms with E-state index in [1.54, 1.807) is 0 Å². The Hall–Kier alpha value is -2.23. The van der Waals surface area contributed by atoms with Gasteiger partial charge in [-0.15, -0.1) is 0 Å². The Morgan fingerprint density at radius 2 is 1.84 bits per heavy atom. The lowest BCUT2D eigenvalue weighted by Gasteiger charge is -2.13. The molecule has 4 heteroatoms. The third kappa shape index (κ3) is 2.47. The van der Waals surface area contributed by atoms with Crippen molar-refractivity contribution in [3.8, 4) is 11.1 Å². The van der Waals surface area contributed by atoms with Crippen LogP contribution in [-0.4, -0.2) is 17.6 Å². The first-order valence-corrected chi connectivity index (χ1v) is 6.19. The second kappa shape index (κ2) is 5.18. The number of anilines is 1. The maximum Gasteiger partial charge on any atom is 0.355 e. The summed E-state index contributed by atoms with van der Waals surface area (Å²) >= 11 is 0. The van der Waals surface area contributed by atoms with Gasteiger partial charge in [-0.3, -0.25) is 0 Å². The number of ether oxygens (including phenoxy) is 1. The van der Waals surface area contributed by atoms with Gasteiger partial charge in [0, 0.05) is 23.5 Å². The molecule has 1 heterocycles. The molecule has 0 unspecified atom stereocenters. The first-order chi connectivity index (χ1) is 9.04. The maximum absolute atomic E-state index is 12.0. The minimum atomic E-state index is -0.328. The number of hydrogen-bond donors (Lipinski definition) is 1. The number of hydrogen-bond acceptors (Lipinski definition) is 3. The molecule has 0 aliphatic rings. The number of nitrogen functional groups attached to an aromatic ring is 1. The molecule has 0 fully saturated rings. The van der Waals surface area contributed by atoms with Crippen molar-refractivity contribution < 1.29 is 9.53 Å². The molecule has 2 N–H and O–H groups in total. The Kier molecular flexibility index (Phi) is 3.60. The van der Waals surface area contributed by atoms with Gasteiger partial charge in [0.2, 0.25) is 0 Å². The molecular formula is C15H18N2O2. The highest BCUT2D eigenvalue weighted by Gasteiger charge is 2.20. The lowest BCUT2D eigenvalue weighted by molar-refractivity contribution is 0.0587. The van der Waals surface area contributed by atoms with E-state index in [-0.39, 0.29) is 12.0 Å². The minimum Gasteiger partial charge on any atom is -0.464 e. The standard InChI is InChI=1S/C15H18N2O2/c1-10(2)17-9-8-13(14(17)15(18)19-3)11-4-6-12(16)7-5-11/h4-10H,16H2,1-3H3. The third-order valence-corrected chi connectivity index (χ3v) is 3.07. The molecule has 2 aromatic rings. The quantitative estimate of drug-likeness (QED) is 0.679. The monoisotopic (exact) mass is 258 g/mol. The van der Waals surface area contributed by atoms with Crippen molar-refractivity contribution in [1.29, 1.82) is 0 Å². The van der Waals surface area contributed by atoms with E-state index in [4.69, 9.17) is 10.5 Å². The van der Waals surface area contributed by atoms with Crippen LogP contribution in [0.2, 0.25) is 0 Å². The Labute approximate surface area is 112 Å². The average Bonchev–Trinajstić information content (AvgIpc) is 2.83. The fourth-order valence-corrected chi connectivity index (χ4v) is 2.09. The second-order valence-electron chi connectivity index (χ2n) is 4.69. The molecule has 19 heavy (non-hydrogen) atoms. The van der Waals surface area contributed by atoms with Gasteiger partial charge in [0.25, 0.3) is 0 Å². The molecule has 2 rings (SSSR count). The van der Waals surface area contributed by atoms with E-state index in [1.807, 2.05) is 54.9 Å². The summed E-state index contributed by atoms with van der Waals surface area (Å²) in [6.45, 7) is 4.05. The Morgan fingerprint density at radius 1 is 1.21 bits per heavy atom. The number of rotatable bonds is 3. The molecule has 4 nitrogen and oxygen atoms in total. The molecule has 0 amide bonds. The molecule has 0 saturated carbocycles. The molecule has 0 radical (unpaired) electrons. The number of esters is 1. The summed E-state index contributed by atoms with van der Waals surface area (Å²) in [7, 11) is 1.40. The molecule has 0 aliphatic carbocycles. The van der Waals surface area contributed by atoms with Crippen LogP contribution in [0.1, 0.15) is 30.4 Å². The number of benzene rings is 1. The third-order valence-electron chi connectivity index (χ3n) is 3.07. The van der Waals surface area contributed by atoms with Crippen LogP contribution in [0.5, 0.6) is 0 Å². The number of methoxy groups -OCH3 is 1. The molecule has 1 aromatic heterocycles. The van der Waals surface area contributed by atoms with Crippen LogP contribution < -0.4 is 5.73 Å². The first-order valence-electron chi connectivity index (χ1n) is 6.19. The van der Waals surface area contributed by atoms with Crippen molar-refractivity contribution in [2.75, 3.05) is 12.8 Å². The molecule has 0 aliphatic heterocycles. The molecule has 1 aromatic carbocycles. The summed E-state index contributed by atoms with van der Waals surface area (Å²) in [5.74, 6) is -0.328. The van der Waals surface area contributed by atoms with Crippen LogP contribution in [0.4, 0.5) is 5.69 Å². The average molecular weight is 258 g/mol. The van der Waals surface area contributed by atoms with Gasteiger partial charge in [0.1, 0.15) is 5.69 Å². The van der Waals surface area contributed by atoms with Crippen LogP contribution in [-0.2, 0) is 4.74 Å². The fraction of sp³-hybridized carbons (Fsp3) is 0.267. The minimum absolute atomic E-state index is 0.191. The number of carbonyl (C=O) groups excluding carboxylic acids is 1. The van der Waals surface area contributed by atoms with Gasteiger partial charge < -0.3 is 15.0 Å². The van der Waals surface area contributed by atoms with E-state index in [0.717, 1.165) is 11.1 Å². The molecule has 0 atom stereocenters. The second-order valence-corrected chi connectivity index (χ2v) is 4.69. The zero-order valence-corrected chi connectivity index (χ0v) is 11.4. The van der Waals surface area contributed by atoms with Crippen molar-refractivity contribution in [2.45, 2.75) is 19.9 Å². The summed E-state index contributed by atoms with van der Waals surface area (Å²) in [5, 5.41) is 0. The SMILES string of the molecule is COC(=O)c1c(-c2ccc(N)cc2)ccn1C(C)C. The van der Waals surface area contributed by atoms with Gasteiger partial charge in [0.05, 0.1) is 7.11 Å². The highest BCUT2D eigenvalue weighted by Crippen LogP contribution is 2.28. The van der Waals surface area contributed by atoms with Gasteiger partial charge in [-0.2, -0.15) is 0 Å². The lowest BCUT2D eigenvalue weighted by Crippen LogP contribution is -2.12. The summed E-state index contributed by atoms with van der Waals surface area (Å²) in [6, 6.07) is 9.57. The molecule has 100 valence electrons. The summed E-state index contributed by atoms with van der Waals surface area (Å²) in [4.78, 5) is 12.0. The topological polar surface area (TPSA) is 57.2 Å². The van der Waals surface area contributed by atoms with Crippen LogP contribution in [0.15, 0.2) is 36.5 Å². The highest BCUT2D eigenvalue weighted by molar-refractivity contribution is 5.96. The van der Waals surface area contributed by atoms with E-state index in [9.17, 15) is 4.79 Å². The smallest absolute Gasteiger partial charge is 0.355 e. The number of nitrogens with zero attached hydrogens (tertiary/aromatic N) is 1. The largest absolute Gasteiger partial charge is 0.464 e. The van der Waals surface area contributed by atoms with Crippen molar-refractivity contribution in [2.24, 2.45) is 0 Å². The van der Waals surface area contributed by atoms with Crippen LogP contribution in [0, 0.1) is 0 Å². The van der Waals surface area contributed by atoms with Crippen molar-refractivity contribution >= 4 is 11.7 Å². The molecular weight excluding hydrogens is 240 g/mol. The zero-order chi connectivity index (χ0) is 14.0. The van der Waals surface area contributed by atoms with E-state index in [0.29, 0.717) is 11.4 Å². The summed E-state index contributed by atoms with van der Waals surface area (Å²) < 4.78 is 6.80. The van der Waals surface area contributed by atoms with Gasteiger partial charge in [-0.1, -0.05) is 12.1 Å². The summed E-state index contributed by atoms with van der Waals surface area (Å²) in [6.07, 6.45) is 1.91. The van der Waals surface area contributed by atoms with Crippen molar-refractivity contribution in [3.63, 3.8) is 0 Å². The van der Waals surface area contributed by atoms with Gasteiger partial charge in [-0.25, -0.2) is 4.79 Å². The van der Waals surface area contributed by atoms with Crippen LogP contribution >= 0.6 is 0 Å². The summed E-state index contributed by atoms with van der Waals surface area (Å²) in [5.41, 5.74) is 8.77. The van der Waals surface area contributed by atoms with E-state index in [1.165, 1.54) is 7.11 Å². The highest BCUT2D eigenvalue weighted by atomic mass is 16.5. The predicted octanol–water partition coefficient (Wildman–Crippen LogP) is 3.10. The predicted molar refractivity (Wildman–Crippen MR) is 76.0 cm³/mol. The number of nitrogens with two attached hydrogens (primary N) is 1. The number of carbonyl (C=O) groups is 1. The Bertz CT molecular complexity index is 583. The number of aromatic nitrogens is 1. The van der Waals surface area contributed by atoms with Gasteiger partial charge in [-0.05, 0) is 37.6 Å². The molecule has 0 saturated heterocycles. The molecule has 0 bridgehead atoms. The van der Waals surface area contributed by atoms with Crippen LogP contribution in [0.25, 0.3) is 11.1 Å². The van der Waals surface area contributed by atoms with E-state index < -0.39 is 0 Å². The van der Waals surface area contributed by atoms with Gasteiger partial charge >= 0.3 is 5.97 Å². The van der Waals surface area contributed by atoms with Crippen molar-refractivity contribution in [3.05, 3.63) is 42.2 Å². The normalized spacial score (nSPS) is 10.7. The van der Waals surface area contributed by atoms with E-state index >= 15 is 0 Å². The Balaban J connectivity index is 2.57. The fourth-order valence-electron chi connectivity index (χ4n) is 2.09. The lowest BCUT2D eigenvalue weighted by atomic mass is 10.1. The van der Waals surface area contributed by atoms with Gasteiger partial charge in [0.15, 0.2) is 0 Å². The Morgan fingerprint density at radius 3 is 2.37 bits per heavy atom. The van der Waals surface area contributed by atoms with Crippen LogP contribution in [0.3, 0.4) is 0 Å². The maximum atomic E-state index is 12.0. The van der Waals surface area contributed by atoms with E-state index in [2.05, 4.69) is 0 Å². The first kappa shape index (κ1) is 13.2.